The van der Waals surface area contributed by atoms with E-state index in [0.717, 1.165) is 41.8 Å². The highest BCUT2D eigenvalue weighted by molar-refractivity contribution is 7.93. The van der Waals surface area contributed by atoms with Gasteiger partial charge in [-0.15, -0.1) is 0 Å². The standard InChI is InChI=1S/C15H13N5O5S2/c1-2-19-8-7-12(18-19)14(21)17-15-16-9-13(26-15)27(24,25)11-5-3-10(4-6-11)20(22)23/h3-9H,2H2,1H3,(H,16,17,21). The van der Waals surface area contributed by atoms with E-state index >= 15 is 0 Å². The zero-order valence-corrected chi connectivity index (χ0v) is 15.5. The van der Waals surface area contributed by atoms with Crippen molar-refractivity contribution >= 4 is 37.9 Å². The first-order valence-electron chi connectivity index (χ1n) is 7.61. The molecule has 0 aliphatic heterocycles. The van der Waals surface area contributed by atoms with Gasteiger partial charge in [0.1, 0.15) is 4.21 Å². The second-order valence-corrected chi connectivity index (χ2v) is 8.46. The van der Waals surface area contributed by atoms with Gasteiger partial charge in [0.25, 0.3) is 11.6 Å². The van der Waals surface area contributed by atoms with Gasteiger partial charge >= 0.3 is 0 Å². The van der Waals surface area contributed by atoms with Crippen molar-refractivity contribution in [3.63, 3.8) is 0 Å². The first-order valence-corrected chi connectivity index (χ1v) is 9.91. The fourth-order valence-corrected chi connectivity index (χ4v) is 4.55. The molecule has 0 fully saturated rings. The molecule has 0 unspecified atom stereocenters. The summed E-state index contributed by atoms with van der Waals surface area (Å²) in [4.78, 5) is 26.0. The minimum Gasteiger partial charge on any atom is -0.296 e. The van der Waals surface area contributed by atoms with Crippen molar-refractivity contribution in [1.82, 2.24) is 14.8 Å². The van der Waals surface area contributed by atoms with Crippen LogP contribution in [0.2, 0.25) is 0 Å². The average molecular weight is 407 g/mol. The number of rotatable bonds is 6. The number of carbonyl (C=O) groups excluding carboxylic acids is 1. The molecule has 0 aliphatic carbocycles. The molecule has 2 heterocycles. The summed E-state index contributed by atoms with van der Waals surface area (Å²) in [6, 6.07) is 6.08. The SMILES string of the molecule is CCn1ccc(C(=O)Nc2ncc(S(=O)(=O)c3ccc([N+](=O)[O-])cc3)s2)n1. The first-order chi connectivity index (χ1) is 12.8. The number of nitrogens with one attached hydrogen (secondary N) is 1. The molecule has 0 spiro atoms. The number of thiazole rings is 1. The van der Waals surface area contributed by atoms with Crippen LogP contribution in [0.25, 0.3) is 0 Å². The molecule has 27 heavy (non-hydrogen) atoms. The van der Waals surface area contributed by atoms with E-state index in [0.29, 0.717) is 6.54 Å². The fraction of sp³-hybridized carbons (Fsp3) is 0.133. The van der Waals surface area contributed by atoms with E-state index in [2.05, 4.69) is 15.4 Å². The van der Waals surface area contributed by atoms with Gasteiger partial charge in [-0.25, -0.2) is 13.4 Å². The molecule has 0 saturated carbocycles. The van der Waals surface area contributed by atoms with Crippen LogP contribution in [-0.4, -0.2) is 34.0 Å². The average Bonchev–Trinajstić information content (AvgIpc) is 3.31. The zero-order chi connectivity index (χ0) is 19.6. The molecule has 0 aliphatic rings. The maximum Gasteiger partial charge on any atom is 0.277 e. The molecule has 140 valence electrons. The van der Waals surface area contributed by atoms with Gasteiger partial charge in [-0.05, 0) is 25.1 Å². The molecule has 1 N–H and O–H groups in total. The van der Waals surface area contributed by atoms with Crippen LogP contribution in [0, 0.1) is 10.1 Å². The largest absolute Gasteiger partial charge is 0.296 e. The minimum atomic E-state index is -3.90. The summed E-state index contributed by atoms with van der Waals surface area (Å²) in [7, 11) is -3.90. The third-order valence-electron chi connectivity index (χ3n) is 3.52. The zero-order valence-electron chi connectivity index (χ0n) is 13.9. The number of carbonyl (C=O) groups is 1. The Morgan fingerprint density at radius 2 is 2.00 bits per heavy atom. The van der Waals surface area contributed by atoms with Crippen molar-refractivity contribution < 1.29 is 18.1 Å². The number of aromatic nitrogens is 3. The number of nitro benzene ring substituents is 1. The quantitative estimate of drug-likeness (QED) is 0.489. The molecule has 2 aromatic heterocycles. The molecule has 1 amide bonds. The van der Waals surface area contributed by atoms with Crippen LogP contribution >= 0.6 is 11.3 Å². The molecular weight excluding hydrogens is 394 g/mol. The number of amides is 1. The Balaban J connectivity index is 1.79. The molecule has 3 rings (SSSR count). The van der Waals surface area contributed by atoms with Crippen LogP contribution in [0.15, 0.2) is 51.8 Å². The molecule has 0 atom stereocenters. The van der Waals surface area contributed by atoms with E-state index in [4.69, 9.17) is 0 Å². The molecule has 0 bridgehead atoms. The summed E-state index contributed by atoms with van der Waals surface area (Å²) >= 11 is 0.781. The Kier molecular flexibility index (Phi) is 5.01. The molecule has 0 radical (unpaired) electrons. The third kappa shape index (κ3) is 3.85. The predicted molar refractivity (Wildman–Crippen MR) is 96.5 cm³/mol. The number of non-ortho nitro benzene ring substituents is 1. The van der Waals surface area contributed by atoms with Crippen LogP contribution in [0.5, 0.6) is 0 Å². The predicted octanol–water partition coefficient (Wildman–Crippen LogP) is 2.35. The van der Waals surface area contributed by atoms with Crippen molar-refractivity contribution in [3.05, 3.63) is 58.5 Å². The van der Waals surface area contributed by atoms with E-state index in [-0.39, 0.29) is 25.6 Å². The molecule has 1 aromatic carbocycles. The van der Waals surface area contributed by atoms with Crippen molar-refractivity contribution in [2.45, 2.75) is 22.6 Å². The van der Waals surface area contributed by atoms with Gasteiger partial charge in [0.2, 0.25) is 9.84 Å². The summed E-state index contributed by atoms with van der Waals surface area (Å²) in [5.74, 6) is -0.504. The molecule has 0 saturated heterocycles. The number of sulfone groups is 1. The number of benzene rings is 1. The topological polar surface area (TPSA) is 137 Å². The lowest BCUT2D eigenvalue weighted by molar-refractivity contribution is -0.384. The lowest BCUT2D eigenvalue weighted by atomic mass is 10.3. The smallest absolute Gasteiger partial charge is 0.277 e. The monoisotopic (exact) mass is 407 g/mol. The van der Waals surface area contributed by atoms with Crippen LogP contribution < -0.4 is 5.32 Å². The number of anilines is 1. The molecule has 10 nitrogen and oxygen atoms in total. The van der Waals surface area contributed by atoms with Gasteiger partial charge in [0.15, 0.2) is 10.8 Å². The van der Waals surface area contributed by atoms with E-state index in [1.807, 2.05) is 6.92 Å². The van der Waals surface area contributed by atoms with E-state index < -0.39 is 20.7 Å². The Morgan fingerprint density at radius 1 is 1.30 bits per heavy atom. The fourth-order valence-electron chi connectivity index (χ4n) is 2.12. The summed E-state index contributed by atoms with van der Waals surface area (Å²) in [6.45, 7) is 2.49. The number of hydrogen-bond donors (Lipinski definition) is 1. The number of nitrogens with zero attached hydrogens (tertiary/aromatic N) is 4. The van der Waals surface area contributed by atoms with Gasteiger partial charge < -0.3 is 0 Å². The van der Waals surface area contributed by atoms with E-state index in [1.165, 1.54) is 0 Å². The Bertz CT molecular complexity index is 1100. The maximum absolute atomic E-state index is 12.6. The highest BCUT2D eigenvalue weighted by Gasteiger charge is 2.23. The second kappa shape index (κ2) is 7.25. The van der Waals surface area contributed by atoms with E-state index in [9.17, 15) is 23.3 Å². The van der Waals surface area contributed by atoms with Crippen molar-refractivity contribution in [2.24, 2.45) is 0 Å². The van der Waals surface area contributed by atoms with E-state index in [1.54, 1.807) is 16.9 Å². The van der Waals surface area contributed by atoms with Gasteiger partial charge in [0, 0.05) is 24.9 Å². The summed E-state index contributed by atoms with van der Waals surface area (Å²) in [5, 5.41) is 17.3. The normalized spacial score (nSPS) is 11.3. The van der Waals surface area contributed by atoms with Crippen LogP contribution in [0.1, 0.15) is 17.4 Å². The van der Waals surface area contributed by atoms with Crippen molar-refractivity contribution in [2.75, 3.05) is 5.32 Å². The summed E-state index contributed by atoms with van der Waals surface area (Å²) in [6.07, 6.45) is 2.78. The Labute approximate surface area is 157 Å². The van der Waals surface area contributed by atoms with Gasteiger partial charge in [0.05, 0.1) is 16.0 Å². The van der Waals surface area contributed by atoms with Crippen LogP contribution in [0.4, 0.5) is 10.8 Å². The lowest BCUT2D eigenvalue weighted by Crippen LogP contribution is -2.13. The number of aryl methyl sites for hydroxylation is 1. The lowest BCUT2D eigenvalue weighted by Gasteiger charge is -2.01. The third-order valence-corrected chi connectivity index (χ3v) is 6.67. The molecule has 12 heteroatoms. The molecule has 3 aromatic rings. The van der Waals surface area contributed by atoms with Crippen LogP contribution in [0.3, 0.4) is 0 Å². The number of nitro groups is 1. The summed E-state index contributed by atoms with van der Waals surface area (Å²) in [5.41, 5.74) is -0.0236. The Morgan fingerprint density at radius 3 is 2.59 bits per heavy atom. The first kappa shape index (κ1) is 18.7. The number of hydrogen-bond acceptors (Lipinski definition) is 8. The summed E-state index contributed by atoms with van der Waals surface area (Å²) < 4.78 is 26.7. The minimum absolute atomic E-state index is 0.0919. The maximum atomic E-state index is 12.6. The molecular formula is C15H13N5O5S2. The second-order valence-electron chi connectivity index (χ2n) is 5.25. The van der Waals surface area contributed by atoms with Gasteiger partial charge in [-0.2, -0.15) is 5.10 Å². The van der Waals surface area contributed by atoms with Crippen LogP contribution in [-0.2, 0) is 16.4 Å². The van der Waals surface area contributed by atoms with Crippen molar-refractivity contribution in [3.8, 4) is 0 Å². The van der Waals surface area contributed by atoms with Gasteiger partial charge in [-0.3, -0.25) is 24.9 Å². The highest BCUT2D eigenvalue weighted by atomic mass is 32.2. The Hall–Kier alpha value is -3.12. The van der Waals surface area contributed by atoms with Gasteiger partial charge in [-0.1, -0.05) is 11.3 Å². The van der Waals surface area contributed by atoms with Crippen molar-refractivity contribution in [1.29, 1.82) is 0 Å². The highest BCUT2D eigenvalue weighted by Crippen LogP contribution is 2.29.